The van der Waals surface area contributed by atoms with E-state index in [1.807, 2.05) is 0 Å². The lowest BCUT2D eigenvalue weighted by Crippen LogP contribution is -2.77. The molecule has 0 fully saturated rings. The SMILES string of the molecule is C#COC(=O)/C([NH2+][CH2-])=C(\O)C(F)(F)F. The van der Waals surface area contributed by atoms with Crippen molar-refractivity contribution in [1.29, 1.82) is 0 Å². The van der Waals surface area contributed by atoms with Crippen LogP contribution in [0.3, 0.4) is 0 Å². The van der Waals surface area contributed by atoms with Crippen molar-refractivity contribution in [2.75, 3.05) is 0 Å². The van der Waals surface area contributed by atoms with E-state index in [0.29, 0.717) is 5.32 Å². The molecule has 0 aromatic rings. The van der Waals surface area contributed by atoms with E-state index < -0.39 is 23.6 Å². The Morgan fingerprint density at radius 3 is 2.36 bits per heavy atom. The van der Waals surface area contributed by atoms with Crippen LogP contribution in [0.4, 0.5) is 13.2 Å². The Balaban J connectivity index is 5.06. The van der Waals surface area contributed by atoms with Crippen LogP contribution in [0, 0.1) is 19.6 Å². The number of esters is 1. The monoisotopic (exact) mass is 209 g/mol. The number of allylic oxidation sites excluding steroid dienone is 1. The van der Waals surface area contributed by atoms with Crippen LogP contribution in [0.25, 0.3) is 0 Å². The first-order valence-corrected chi connectivity index (χ1v) is 3.14. The largest absolute Gasteiger partial charge is 0.500 e. The van der Waals surface area contributed by atoms with Crippen LogP contribution in [0.1, 0.15) is 0 Å². The number of ether oxygens (including phenoxy) is 1. The number of hydrogen-bond donors (Lipinski definition) is 2. The standard InChI is InChI=1S/C7H6F3NO3/c1-3-14-6(13)4(11-2)5(12)7(8,9)10/h1,12H,2,11H2/b5-4+. The lowest BCUT2D eigenvalue weighted by molar-refractivity contribution is -0.541. The summed E-state index contributed by atoms with van der Waals surface area (Å²) in [4.78, 5) is 10.7. The molecule has 78 valence electrons. The highest BCUT2D eigenvalue weighted by Crippen LogP contribution is 2.24. The molecule has 0 radical (unpaired) electrons. The molecule has 0 rings (SSSR count). The van der Waals surface area contributed by atoms with Gasteiger partial charge in [-0.25, -0.2) is 4.79 Å². The van der Waals surface area contributed by atoms with E-state index in [-0.39, 0.29) is 0 Å². The second-order valence-electron chi connectivity index (χ2n) is 1.97. The first-order chi connectivity index (χ1) is 6.34. The van der Waals surface area contributed by atoms with E-state index in [1.54, 1.807) is 0 Å². The van der Waals surface area contributed by atoms with Gasteiger partial charge in [0, 0.05) is 0 Å². The minimum Gasteiger partial charge on any atom is -0.500 e. The lowest BCUT2D eigenvalue weighted by atomic mass is 10.3. The fourth-order valence-electron chi connectivity index (χ4n) is 0.538. The zero-order valence-corrected chi connectivity index (χ0v) is 6.76. The zero-order valence-electron chi connectivity index (χ0n) is 6.76. The summed E-state index contributed by atoms with van der Waals surface area (Å²) in [5, 5.41) is 9.06. The number of nitrogens with two attached hydrogens (primary N) is 1. The predicted molar refractivity (Wildman–Crippen MR) is 37.9 cm³/mol. The molecule has 4 nitrogen and oxygen atoms in total. The highest BCUT2D eigenvalue weighted by atomic mass is 19.4. The molecule has 0 aliphatic heterocycles. The summed E-state index contributed by atoms with van der Waals surface area (Å²) in [6.45, 7) is 0. The van der Waals surface area contributed by atoms with Gasteiger partial charge in [-0.05, 0) is 0 Å². The second-order valence-corrected chi connectivity index (χ2v) is 1.97. The van der Waals surface area contributed by atoms with E-state index in [4.69, 9.17) is 5.11 Å². The topological polar surface area (TPSA) is 63.1 Å². The van der Waals surface area contributed by atoms with Gasteiger partial charge in [0.1, 0.15) is 6.11 Å². The van der Waals surface area contributed by atoms with Crippen LogP contribution in [0.5, 0.6) is 0 Å². The smallest absolute Gasteiger partial charge is 0.455 e. The van der Waals surface area contributed by atoms with Crippen LogP contribution in [-0.2, 0) is 9.53 Å². The summed E-state index contributed by atoms with van der Waals surface area (Å²) in [5.41, 5.74) is -1.13. The van der Waals surface area contributed by atoms with Crippen LogP contribution in [0.15, 0.2) is 11.5 Å². The van der Waals surface area contributed by atoms with Crippen molar-refractivity contribution in [2.24, 2.45) is 0 Å². The average Bonchev–Trinajstić information content (AvgIpc) is 2.04. The number of alkyl halides is 3. The third-order valence-electron chi connectivity index (χ3n) is 1.10. The van der Waals surface area contributed by atoms with Crippen molar-refractivity contribution >= 4 is 5.97 Å². The van der Waals surface area contributed by atoms with Crippen molar-refractivity contribution < 1.29 is 33.1 Å². The molecule has 0 aliphatic rings. The van der Waals surface area contributed by atoms with E-state index in [0.717, 1.165) is 0 Å². The highest BCUT2D eigenvalue weighted by molar-refractivity contribution is 5.86. The molecule has 0 saturated heterocycles. The van der Waals surface area contributed by atoms with Crippen LogP contribution in [-0.4, -0.2) is 17.3 Å². The molecule has 0 heterocycles. The predicted octanol–water partition coefficient (Wildman–Crippen LogP) is -0.193. The van der Waals surface area contributed by atoms with E-state index in [2.05, 4.69) is 18.2 Å². The van der Waals surface area contributed by atoms with E-state index in [1.165, 1.54) is 6.11 Å². The number of carbonyl (C=O) groups is 1. The van der Waals surface area contributed by atoms with Crippen molar-refractivity contribution in [3.05, 3.63) is 18.5 Å². The number of terminal acetylenes is 1. The van der Waals surface area contributed by atoms with Gasteiger partial charge in [-0.1, -0.05) is 6.42 Å². The van der Waals surface area contributed by atoms with E-state index in [9.17, 15) is 18.0 Å². The number of rotatable bonds is 2. The number of aliphatic hydroxyl groups is 1. The fraction of sp³-hybridized carbons (Fsp3) is 0.143. The molecule has 0 aromatic carbocycles. The van der Waals surface area contributed by atoms with Gasteiger partial charge in [-0.2, -0.15) is 13.2 Å². The van der Waals surface area contributed by atoms with Crippen molar-refractivity contribution in [3.8, 4) is 12.5 Å². The Morgan fingerprint density at radius 1 is 1.57 bits per heavy atom. The summed E-state index contributed by atoms with van der Waals surface area (Å²) in [5.74, 6) is -3.58. The van der Waals surface area contributed by atoms with Gasteiger partial charge in [0.2, 0.25) is 5.70 Å². The van der Waals surface area contributed by atoms with Crippen molar-refractivity contribution in [1.82, 2.24) is 0 Å². The second kappa shape index (κ2) is 4.53. The third kappa shape index (κ3) is 2.99. The molecule has 0 unspecified atom stereocenters. The van der Waals surface area contributed by atoms with Crippen molar-refractivity contribution in [2.45, 2.75) is 6.18 Å². The van der Waals surface area contributed by atoms with Gasteiger partial charge < -0.3 is 15.2 Å². The number of hydrogen-bond acceptors (Lipinski definition) is 3. The Labute approximate surface area is 77.4 Å². The third-order valence-corrected chi connectivity index (χ3v) is 1.10. The number of quaternary nitrogens is 1. The maximum Gasteiger partial charge on any atom is 0.455 e. The van der Waals surface area contributed by atoms with Crippen LogP contribution in [0.2, 0.25) is 0 Å². The molecule has 0 aliphatic carbocycles. The van der Waals surface area contributed by atoms with Gasteiger partial charge in [0.25, 0.3) is 5.76 Å². The summed E-state index contributed by atoms with van der Waals surface area (Å²) in [6.07, 6.45) is 0.852. The lowest BCUT2D eigenvalue weighted by Gasteiger charge is -2.08. The first-order valence-electron chi connectivity index (χ1n) is 3.14. The molecule has 0 saturated carbocycles. The zero-order chi connectivity index (χ0) is 11.4. The number of halogens is 3. The highest BCUT2D eigenvalue weighted by Gasteiger charge is 2.40. The van der Waals surface area contributed by atoms with Gasteiger partial charge in [-0.3, -0.25) is 0 Å². The Bertz CT molecular complexity index is 300. The molecule has 0 aromatic heterocycles. The maximum atomic E-state index is 11.9. The van der Waals surface area contributed by atoms with E-state index >= 15 is 0 Å². The van der Waals surface area contributed by atoms with Crippen LogP contribution >= 0.6 is 0 Å². The average molecular weight is 209 g/mol. The first kappa shape index (κ1) is 12.3. The van der Waals surface area contributed by atoms with Gasteiger partial charge in [0.15, 0.2) is 0 Å². The van der Waals surface area contributed by atoms with Crippen LogP contribution < -0.4 is 5.32 Å². The quantitative estimate of drug-likeness (QED) is 0.218. The summed E-state index contributed by atoms with van der Waals surface area (Å²) < 4.78 is 39.4. The molecule has 0 spiro atoms. The minimum absolute atomic E-state index is 0.502. The minimum atomic E-state index is -5.04. The molecule has 0 amide bonds. The molecule has 3 N–H and O–H groups in total. The molecular weight excluding hydrogens is 203 g/mol. The molecule has 0 atom stereocenters. The molecular formula is C7H6F3NO3. The normalized spacial score (nSPS) is 12.8. The van der Waals surface area contributed by atoms with Gasteiger partial charge in [0.05, 0.1) is 0 Å². The van der Waals surface area contributed by atoms with Gasteiger partial charge >= 0.3 is 12.1 Å². The summed E-state index contributed by atoms with van der Waals surface area (Å²) in [7, 11) is 2.91. The van der Waals surface area contributed by atoms with Crippen molar-refractivity contribution in [3.63, 3.8) is 0 Å². The Kier molecular flexibility index (Phi) is 3.98. The number of aliphatic hydroxyl groups excluding tert-OH is 1. The maximum absolute atomic E-state index is 11.9. The fourth-order valence-corrected chi connectivity index (χ4v) is 0.538. The molecule has 0 bridgehead atoms. The summed E-state index contributed by atoms with van der Waals surface area (Å²) >= 11 is 0. The Hall–Kier alpha value is -1.68. The Morgan fingerprint density at radius 2 is 2.07 bits per heavy atom. The summed E-state index contributed by atoms with van der Waals surface area (Å²) in [6, 6.07) is 0. The molecule has 14 heavy (non-hydrogen) atoms. The number of carbonyl (C=O) groups excluding carboxylic acids is 1. The van der Waals surface area contributed by atoms with Gasteiger partial charge in [-0.15, -0.1) is 7.05 Å². The molecule has 7 heteroatoms.